The Morgan fingerprint density at radius 3 is 2.89 bits per heavy atom. The molecule has 2 heterocycles. The van der Waals surface area contributed by atoms with Crippen LogP contribution in [0.3, 0.4) is 0 Å². The molecule has 1 aromatic rings. The Kier molecular flexibility index (Phi) is 3.98. The Morgan fingerprint density at radius 1 is 1.50 bits per heavy atom. The highest BCUT2D eigenvalue weighted by Crippen LogP contribution is 2.24. The fraction of sp³-hybridized carbons (Fsp3) is 0.667. The summed E-state index contributed by atoms with van der Waals surface area (Å²) in [5.74, 6) is -0.908. The first kappa shape index (κ1) is 13.0. The van der Waals surface area contributed by atoms with E-state index in [0.29, 0.717) is 0 Å². The van der Waals surface area contributed by atoms with Crippen LogP contribution >= 0.6 is 0 Å². The Morgan fingerprint density at radius 2 is 2.28 bits per heavy atom. The monoisotopic (exact) mass is 253 g/mol. The number of carboxylic acids is 1. The largest absolute Gasteiger partial charge is 0.480 e. The summed E-state index contributed by atoms with van der Waals surface area (Å²) in [5, 5.41) is 8.56. The quantitative estimate of drug-likeness (QED) is 0.764. The number of carboxylic acid groups (broad SMARTS) is 1. The Labute approximate surface area is 106 Å². The van der Waals surface area contributed by atoms with Gasteiger partial charge in [-0.05, 0) is 13.3 Å². The maximum absolute atomic E-state index is 10.4. The van der Waals surface area contributed by atoms with Crippen LogP contribution < -0.4 is 0 Å². The number of aromatic nitrogens is 2. The standard InChI is InChI=1S/C12H19N3O3/c1-12(18-7-11(16)17)8-15(9-12)5-2-4-14-6-3-13-10-14/h3,6,10H,2,4-5,7-9H2,1H3,(H,16,17). The van der Waals surface area contributed by atoms with Crippen LogP contribution in [-0.2, 0) is 16.1 Å². The second-order valence-electron chi connectivity index (χ2n) is 5.00. The second-order valence-corrected chi connectivity index (χ2v) is 5.00. The molecule has 0 unspecified atom stereocenters. The van der Waals surface area contributed by atoms with E-state index in [1.165, 1.54) is 0 Å². The third-order valence-electron chi connectivity index (χ3n) is 3.11. The molecule has 0 saturated carbocycles. The molecule has 1 aliphatic rings. The molecule has 18 heavy (non-hydrogen) atoms. The van der Waals surface area contributed by atoms with Gasteiger partial charge in [-0.1, -0.05) is 0 Å². The lowest BCUT2D eigenvalue weighted by molar-refractivity contribution is -0.164. The van der Waals surface area contributed by atoms with Crippen LogP contribution in [0.5, 0.6) is 0 Å². The third kappa shape index (κ3) is 3.54. The van der Waals surface area contributed by atoms with Crippen molar-refractivity contribution in [2.45, 2.75) is 25.5 Å². The maximum atomic E-state index is 10.4. The van der Waals surface area contributed by atoms with Crippen molar-refractivity contribution in [1.29, 1.82) is 0 Å². The predicted octanol–water partition coefficient (Wildman–Crippen LogP) is 0.449. The summed E-state index contributed by atoms with van der Waals surface area (Å²) in [7, 11) is 0. The zero-order chi connectivity index (χ0) is 13.0. The van der Waals surface area contributed by atoms with E-state index in [9.17, 15) is 4.79 Å². The van der Waals surface area contributed by atoms with E-state index in [4.69, 9.17) is 9.84 Å². The van der Waals surface area contributed by atoms with Gasteiger partial charge in [0.1, 0.15) is 6.61 Å². The van der Waals surface area contributed by atoms with Crippen LogP contribution in [0.15, 0.2) is 18.7 Å². The molecule has 0 radical (unpaired) electrons. The van der Waals surface area contributed by atoms with E-state index < -0.39 is 5.97 Å². The molecule has 0 atom stereocenters. The first-order valence-electron chi connectivity index (χ1n) is 6.11. The average Bonchev–Trinajstić information content (AvgIpc) is 2.77. The van der Waals surface area contributed by atoms with Gasteiger partial charge >= 0.3 is 5.97 Å². The van der Waals surface area contributed by atoms with E-state index in [-0.39, 0.29) is 12.2 Å². The zero-order valence-electron chi connectivity index (χ0n) is 10.6. The Bertz CT molecular complexity index is 385. The van der Waals surface area contributed by atoms with E-state index >= 15 is 0 Å². The molecular formula is C12H19N3O3. The minimum Gasteiger partial charge on any atom is -0.480 e. The van der Waals surface area contributed by atoms with Gasteiger partial charge in [-0.3, -0.25) is 4.90 Å². The zero-order valence-corrected chi connectivity index (χ0v) is 10.6. The number of hydrogen-bond donors (Lipinski definition) is 1. The molecule has 0 amide bonds. The molecule has 1 aliphatic heterocycles. The highest BCUT2D eigenvalue weighted by atomic mass is 16.5. The SMILES string of the molecule is CC1(OCC(=O)O)CN(CCCn2ccnc2)C1. The molecule has 2 rings (SSSR count). The molecule has 1 saturated heterocycles. The number of nitrogens with zero attached hydrogens (tertiary/aromatic N) is 3. The summed E-state index contributed by atoms with van der Waals surface area (Å²) in [6.07, 6.45) is 6.61. The minimum atomic E-state index is -0.908. The number of aliphatic carboxylic acids is 1. The van der Waals surface area contributed by atoms with Gasteiger partial charge in [0.2, 0.25) is 0 Å². The van der Waals surface area contributed by atoms with Crippen molar-refractivity contribution in [3.05, 3.63) is 18.7 Å². The number of rotatable bonds is 7. The first-order chi connectivity index (χ1) is 8.57. The highest BCUT2D eigenvalue weighted by molar-refractivity contribution is 5.68. The highest BCUT2D eigenvalue weighted by Gasteiger charge is 2.39. The summed E-state index contributed by atoms with van der Waals surface area (Å²) in [5.41, 5.74) is -0.284. The smallest absolute Gasteiger partial charge is 0.329 e. The number of ether oxygens (including phenoxy) is 1. The van der Waals surface area contributed by atoms with E-state index in [2.05, 4.69) is 14.5 Å². The fourth-order valence-electron chi connectivity index (χ4n) is 2.28. The summed E-state index contributed by atoms with van der Waals surface area (Å²) >= 11 is 0. The Hall–Kier alpha value is -1.40. The fourth-order valence-corrected chi connectivity index (χ4v) is 2.28. The van der Waals surface area contributed by atoms with E-state index in [1.54, 1.807) is 6.20 Å². The summed E-state index contributed by atoms with van der Waals surface area (Å²) < 4.78 is 7.41. The van der Waals surface area contributed by atoms with Crippen molar-refractivity contribution in [3.8, 4) is 0 Å². The van der Waals surface area contributed by atoms with E-state index in [1.807, 2.05) is 19.4 Å². The molecule has 6 nitrogen and oxygen atoms in total. The van der Waals surface area contributed by atoms with Crippen LogP contribution in [0, 0.1) is 0 Å². The molecule has 100 valence electrons. The molecule has 1 fully saturated rings. The van der Waals surface area contributed by atoms with Gasteiger partial charge in [-0.25, -0.2) is 9.78 Å². The molecule has 0 spiro atoms. The Balaban J connectivity index is 1.59. The van der Waals surface area contributed by atoms with Gasteiger partial charge in [-0.2, -0.15) is 0 Å². The third-order valence-corrected chi connectivity index (χ3v) is 3.11. The molecule has 0 aliphatic carbocycles. The van der Waals surface area contributed by atoms with Crippen LogP contribution in [0.2, 0.25) is 0 Å². The van der Waals surface area contributed by atoms with Gasteiger partial charge in [0.25, 0.3) is 0 Å². The lowest BCUT2D eigenvalue weighted by Crippen LogP contribution is -2.61. The normalized spacial score (nSPS) is 18.5. The summed E-state index contributed by atoms with van der Waals surface area (Å²) in [6, 6.07) is 0. The number of aryl methyl sites for hydroxylation is 1. The van der Waals surface area contributed by atoms with Gasteiger partial charge in [0, 0.05) is 38.6 Å². The lowest BCUT2D eigenvalue weighted by atomic mass is 9.96. The van der Waals surface area contributed by atoms with Gasteiger partial charge in [-0.15, -0.1) is 0 Å². The topological polar surface area (TPSA) is 67.6 Å². The molecular weight excluding hydrogens is 234 g/mol. The molecule has 1 aromatic heterocycles. The summed E-state index contributed by atoms with van der Waals surface area (Å²) in [4.78, 5) is 16.7. The van der Waals surface area contributed by atoms with Crippen molar-refractivity contribution in [1.82, 2.24) is 14.5 Å². The van der Waals surface area contributed by atoms with Gasteiger partial charge in [0.05, 0.1) is 11.9 Å². The van der Waals surface area contributed by atoms with Crippen LogP contribution in [0.1, 0.15) is 13.3 Å². The van der Waals surface area contributed by atoms with Crippen LogP contribution in [0.25, 0.3) is 0 Å². The molecule has 0 aromatic carbocycles. The van der Waals surface area contributed by atoms with Crippen molar-refractivity contribution >= 4 is 5.97 Å². The average molecular weight is 253 g/mol. The summed E-state index contributed by atoms with van der Waals surface area (Å²) in [6.45, 7) is 5.34. The van der Waals surface area contributed by atoms with E-state index in [0.717, 1.165) is 32.6 Å². The lowest BCUT2D eigenvalue weighted by Gasteiger charge is -2.47. The van der Waals surface area contributed by atoms with Crippen molar-refractivity contribution in [2.75, 3.05) is 26.2 Å². The molecule has 6 heteroatoms. The van der Waals surface area contributed by atoms with Crippen molar-refractivity contribution < 1.29 is 14.6 Å². The molecule has 1 N–H and O–H groups in total. The molecule has 0 bridgehead atoms. The van der Waals surface area contributed by atoms with Crippen molar-refractivity contribution in [2.24, 2.45) is 0 Å². The van der Waals surface area contributed by atoms with Crippen LogP contribution in [0.4, 0.5) is 0 Å². The number of imidazole rings is 1. The first-order valence-corrected chi connectivity index (χ1v) is 6.11. The number of hydrogen-bond acceptors (Lipinski definition) is 4. The number of carbonyl (C=O) groups is 1. The minimum absolute atomic E-state index is 0.209. The second kappa shape index (κ2) is 5.49. The van der Waals surface area contributed by atoms with Crippen molar-refractivity contribution in [3.63, 3.8) is 0 Å². The van der Waals surface area contributed by atoms with Gasteiger partial charge in [0.15, 0.2) is 0 Å². The van der Waals surface area contributed by atoms with Crippen LogP contribution in [-0.4, -0.2) is 57.4 Å². The van der Waals surface area contributed by atoms with Gasteiger partial charge < -0.3 is 14.4 Å². The predicted molar refractivity (Wildman–Crippen MR) is 65.3 cm³/mol. The maximum Gasteiger partial charge on any atom is 0.329 e. The number of likely N-dealkylation sites (tertiary alicyclic amines) is 1.